The smallest absolute Gasteiger partial charge is 0.271 e. The molecular formula is C24H23FN4O3. The summed E-state index contributed by atoms with van der Waals surface area (Å²) in [6.07, 6.45) is 2.87. The van der Waals surface area contributed by atoms with E-state index < -0.39 is 11.8 Å². The minimum Gasteiger partial charge on any atom is -0.326 e. The van der Waals surface area contributed by atoms with Gasteiger partial charge in [-0.3, -0.25) is 25.2 Å². The van der Waals surface area contributed by atoms with Crippen LogP contribution in [0.5, 0.6) is 0 Å². The van der Waals surface area contributed by atoms with Gasteiger partial charge in [-0.05, 0) is 68.0 Å². The van der Waals surface area contributed by atoms with E-state index in [4.69, 9.17) is 0 Å². The number of hydrogen-bond acceptors (Lipinski definition) is 3. The number of benzene rings is 2. The van der Waals surface area contributed by atoms with Crippen LogP contribution in [0.4, 0.5) is 10.1 Å². The molecule has 8 heteroatoms. The van der Waals surface area contributed by atoms with Crippen molar-refractivity contribution in [2.24, 2.45) is 0 Å². The first kappa shape index (κ1) is 22.5. The predicted octanol–water partition coefficient (Wildman–Crippen LogP) is 3.67. The van der Waals surface area contributed by atoms with Crippen molar-refractivity contribution in [1.82, 2.24) is 15.4 Å². The van der Waals surface area contributed by atoms with E-state index >= 15 is 0 Å². The van der Waals surface area contributed by atoms with E-state index in [1.807, 2.05) is 11.5 Å². The fraction of sp³-hybridized carbons (Fsp3) is 0.125. The van der Waals surface area contributed by atoms with Crippen LogP contribution >= 0.6 is 0 Å². The van der Waals surface area contributed by atoms with Crippen LogP contribution in [-0.4, -0.2) is 22.3 Å². The zero-order valence-corrected chi connectivity index (χ0v) is 17.9. The van der Waals surface area contributed by atoms with Crippen LogP contribution in [0, 0.1) is 19.7 Å². The summed E-state index contributed by atoms with van der Waals surface area (Å²) in [5.41, 5.74) is 8.75. The average molecular weight is 434 g/mol. The highest BCUT2D eigenvalue weighted by atomic mass is 19.1. The molecule has 0 saturated carbocycles. The van der Waals surface area contributed by atoms with Gasteiger partial charge in [-0.2, -0.15) is 0 Å². The van der Waals surface area contributed by atoms with Gasteiger partial charge in [0.05, 0.1) is 5.56 Å². The fourth-order valence-electron chi connectivity index (χ4n) is 3.26. The van der Waals surface area contributed by atoms with Gasteiger partial charge in [0.25, 0.3) is 11.8 Å². The number of amides is 3. The van der Waals surface area contributed by atoms with Crippen molar-refractivity contribution in [1.29, 1.82) is 0 Å². The fourth-order valence-corrected chi connectivity index (χ4v) is 3.26. The Morgan fingerprint density at radius 2 is 1.59 bits per heavy atom. The van der Waals surface area contributed by atoms with Crippen molar-refractivity contribution < 1.29 is 18.8 Å². The first-order chi connectivity index (χ1) is 15.2. The summed E-state index contributed by atoms with van der Waals surface area (Å²) in [5.74, 6) is -1.47. The minimum atomic E-state index is -0.503. The lowest BCUT2D eigenvalue weighted by molar-refractivity contribution is -0.117. The Kier molecular flexibility index (Phi) is 6.84. The molecule has 1 heterocycles. The van der Waals surface area contributed by atoms with E-state index in [9.17, 15) is 18.8 Å². The summed E-state index contributed by atoms with van der Waals surface area (Å²) in [6.45, 7) is 5.04. The molecule has 3 N–H and O–H groups in total. The Bertz CT molecular complexity index is 1180. The second-order valence-corrected chi connectivity index (χ2v) is 7.18. The van der Waals surface area contributed by atoms with Crippen LogP contribution in [-0.2, 0) is 9.59 Å². The number of hydrogen-bond donors (Lipinski definition) is 3. The highest BCUT2D eigenvalue weighted by molar-refractivity contribution is 5.99. The molecule has 32 heavy (non-hydrogen) atoms. The highest BCUT2D eigenvalue weighted by Gasteiger charge is 2.17. The maximum atomic E-state index is 13.2. The van der Waals surface area contributed by atoms with Crippen LogP contribution in [0.25, 0.3) is 11.8 Å². The van der Waals surface area contributed by atoms with E-state index in [-0.39, 0.29) is 11.7 Å². The third-order valence-electron chi connectivity index (χ3n) is 4.72. The molecular weight excluding hydrogens is 411 g/mol. The summed E-state index contributed by atoms with van der Waals surface area (Å²) >= 11 is 0. The molecule has 3 rings (SSSR count). The molecule has 0 atom stereocenters. The van der Waals surface area contributed by atoms with Gasteiger partial charge >= 0.3 is 0 Å². The normalized spacial score (nSPS) is 10.8. The van der Waals surface area contributed by atoms with Crippen LogP contribution in [0.15, 0.2) is 60.7 Å². The van der Waals surface area contributed by atoms with Gasteiger partial charge in [0, 0.05) is 35.8 Å². The third kappa shape index (κ3) is 5.48. The molecule has 0 spiro atoms. The van der Waals surface area contributed by atoms with Crippen molar-refractivity contribution in [2.75, 3.05) is 5.32 Å². The van der Waals surface area contributed by atoms with Gasteiger partial charge in [0.15, 0.2) is 0 Å². The molecule has 2 aromatic carbocycles. The van der Waals surface area contributed by atoms with Gasteiger partial charge < -0.3 is 9.88 Å². The number of carbonyl (C=O) groups is 3. The zero-order valence-electron chi connectivity index (χ0n) is 17.9. The topological polar surface area (TPSA) is 92.2 Å². The quantitative estimate of drug-likeness (QED) is 0.423. The minimum absolute atomic E-state index is 0.165. The summed E-state index contributed by atoms with van der Waals surface area (Å²) < 4.78 is 15.0. The van der Waals surface area contributed by atoms with E-state index in [0.29, 0.717) is 16.9 Å². The van der Waals surface area contributed by atoms with Crippen molar-refractivity contribution in [2.45, 2.75) is 20.8 Å². The molecule has 0 aliphatic rings. The van der Waals surface area contributed by atoms with Crippen molar-refractivity contribution in [3.8, 4) is 5.69 Å². The molecule has 0 radical (unpaired) electrons. The molecule has 0 fully saturated rings. The SMILES string of the molecule is CC(=O)Nc1ccc(C=CC(=O)NNC(=O)c2cc(C)n(-c3ccc(F)cc3)c2C)cc1. The molecule has 7 nitrogen and oxygen atoms in total. The molecule has 0 unspecified atom stereocenters. The Balaban J connectivity index is 1.61. The van der Waals surface area contributed by atoms with Crippen molar-refractivity contribution in [3.63, 3.8) is 0 Å². The first-order valence-electron chi connectivity index (χ1n) is 9.85. The van der Waals surface area contributed by atoms with Crippen LogP contribution in [0.3, 0.4) is 0 Å². The van der Waals surface area contributed by atoms with Gasteiger partial charge in [-0.25, -0.2) is 4.39 Å². The van der Waals surface area contributed by atoms with Crippen LogP contribution in [0.1, 0.15) is 34.2 Å². The molecule has 3 amide bonds. The molecule has 0 saturated heterocycles. The largest absolute Gasteiger partial charge is 0.326 e. The molecule has 0 aliphatic carbocycles. The van der Waals surface area contributed by atoms with Crippen LogP contribution < -0.4 is 16.2 Å². The molecule has 164 valence electrons. The maximum absolute atomic E-state index is 13.2. The van der Waals surface area contributed by atoms with Gasteiger partial charge in [-0.15, -0.1) is 0 Å². The number of carbonyl (C=O) groups excluding carboxylic acids is 3. The van der Waals surface area contributed by atoms with Gasteiger partial charge in [-0.1, -0.05) is 12.1 Å². The standard InChI is InChI=1S/C24H23FN4O3/c1-15-14-22(16(2)29(15)21-11-7-19(25)8-12-21)24(32)28-27-23(31)13-6-18-4-9-20(10-5-18)26-17(3)30/h4-14H,1-3H3,(H,26,30)(H,27,31)(H,28,32). The van der Waals surface area contributed by atoms with Gasteiger partial charge in [0.2, 0.25) is 5.91 Å². The Morgan fingerprint density at radius 3 is 2.22 bits per heavy atom. The second kappa shape index (κ2) is 9.74. The van der Waals surface area contributed by atoms with Crippen LogP contribution in [0.2, 0.25) is 0 Å². The lowest BCUT2D eigenvalue weighted by Crippen LogP contribution is -2.40. The molecule has 0 bridgehead atoms. The Labute approximate surface area is 184 Å². The monoisotopic (exact) mass is 434 g/mol. The van der Waals surface area contributed by atoms with E-state index in [1.54, 1.807) is 55.5 Å². The molecule has 3 aromatic rings. The lowest BCUT2D eigenvalue weighted by Gasteiger charge is -2.10. The Hall–Kier alpha value is -4.20. The number of anilines is 1. The number of hydrazine groups is 1. The second-order valence-electron chi connectivity index (χ2n) is 7.18. The predicted molar refractivity (Wildman–Crippen MR) is 121 cm³/mol. The number of nitrogens with zero attached hydrogens (tertiary/aromatic N) is 1. The highest BCUT2D eigenvalue weighted by Crippen LogP contribution is 2.21. The zero-order chi connectivity index (χ0) is 23.3. The average Bonchev–Trinajstić information content (AvgIpc) is 3.06. The summed E-state index contributed by atoms with van der Waals surface area (Å²) in [6, 6.07) is 14.6. The van der Waals surface area contributed by atoms with Crippen molar-refractivity contribution in [3.05, 3.63) is 89.0 Å². The first-order valence-corrected chi connectivity index (χ1v) is 9.85. The Morgan fingerprint density at radius 1 is 0.938 bits per heavy atom. The van der Waals surface area contributed by atoms with E-state index in [2.05, 4.69) is 16.2 Å². The van der Waals surface area contributed by atoms with Gasteiger partial charge in [0.1, 0.15) is 5.82 Å². The summed E-state index contributed by atoms with van der Waals surface area (Å²) in [5, 5.41) is 2.66. The third-order valence-corrected chi connectivity index (χ3v) is 4.72. The van der Waals surface area contributed by atoms with E-state index in [0.717, 1.165) is 16.9 Å². The molecule has 1 aromatic heterocycles. The van der Waals surface area contributed by atoms with Crippen molar-refractivity contribution >= 4 is 29.5 Å². The lowest BCUT2D eigenvalue weighted by atomic mass is 10.2. The summed E-state index contributed by atoms with van der Waals surface area (Å²) in [4.78, 5) is 35.7. The number of nitrogens with one attached hydrogen (secondary N) is 3. The number of halogens is 1. The number of aromatic nitrogens is 1. The molecule has 0 aliphatic heterocycles. The number of aryl methyl sites for hydroxylation is 1. The number of rotatable bonds is 5. The summed E-state index contributed by atoms with van der Waals surface area (Å²) in [7, 11) is 0. The maximum Gasteiger partial charge on any atom is 0.271 e. The van der Waals surface area contributed by atoms with E-state index in [1.165, 1.54) is 25.1 Å².